The molecular weight excluding hydrogens is 304 g/mol. The van der Waals surface area contributed by atoms with Gasteiger partial charge in [-0.15, -0.1) is 0 Å². The molecule has 1 unspecified atom stereocenters. The lowest BCUT2D eigenvalue weighted by atomic mass is 10.0. The van der Waals surface area contributed by atoms with E-state index < -0.39 is 0 Å². The maximum atomic E-state index is 12.5. The first-order chi connectivity index (χ1) is 11.5. The molecule has 24 heavy (non-hydrogen) atoms. The molecule has 2 amide bonds. The van der Waals surface area contributed by atoms with Crippen LogP contribution in [0, 0.1) is 0 Å². The topological polar surface area (TPSA) is 67.4 Å². The molecule has 5 heteroatoms. The van der Waals surface area contributed by atoms with E-state index in [0.29, 0.717) is 11.3 Å². The summed E-state index contributed by atoms with van der Waals surface area (Å²) in [7, 11) is 1.62. The second-order valence-electron chi connectivity index (χ2n) is 5.47. The molecule has 2 N–H and O–H groups in total. The van der Waals surface area contributed by atoms with Crippen LogP contribution in [0.4, 0.5) is 5.69 Å². The van der Waals surface area contributed by atoms with Crippen molar-refractivity contribution in [3.63, 3.8) is 0 Å². The average Bonchev–Trinajstić information content (AvgIpc) is 2.59. The quantitative estimate of drug-likeness (QED) is 0.853. The fourth-order valence-corrected chi connectivity index (χ4v) is 2.44. The first-order valence-corrected chi connectivity index (χ1v) is 7.86. The van der Waals surface area contributed by atoms with Crippen molar-refractivity contribution in [2.75, 3.05) is 12.4 Å². The smallest absolute Gasteiger partial charge is 0.251 e. The van der Waals surface area contributed by atoms with E-state index in [-0.39, 0.29) is 17.9 Å². The van der Waals surface area contributed by atoms with Crippen LogP contribution in [0.5, 0.6) is 5.75 Å². The molecule has 0 bridgehead atoms. The summed E-state index contributed by atoms with van der Waals surface area (Å²) in [6.07, 6.45) is 0.767. The van der Waals surface area contributed by atoms with E-state index >= 15 is 0 Å². The first kappa shape index (κ1) is 17.5. The monoisotopic (exact) mass is 326 g/mol. The van der Waals surface area contributed by atoms with E-state index in [1.54, 1.807) is 31.4 Å². The van der Waals surface area contributed by atoms with Gasteiger partial charge in [-0.3, -0.25) is 9.59 Å². The highest BCUT2D eigenvalue weighted by molar-refractivity contribution is 5.97. The van der Waals surface area contributed by atoms with Crippen molar-refractivity contribution in [2.24, 2.45) is 0 Å². The highest BCUT2D eigenvalue weighted by atomic mass is 16.5. The minimum absolute atomic E-state index is 0.0900. The number of carbonyl (C=O) groups excluding carboxylic acids is 2. The second-order valence-corrected chi connectivity index (χ2v) is 5.47. The van der Waals surface area contributed by atoms with Crippen molar-refractivity contribution in [3.8, 4) is 5.75 Å². The third kappa shape index (κ3) is 4.59. The van der Waals surface area contributed by atoms with E-state index in [1.807, 2.05) is 31.2 Å². The molecule has 0 aromatic heterocycles. The molecule has 0 aliphatic rings. The van der Waals surface area contributed by atoms with Crippen molar-refractivity contribution in [3.05, 3.63) is 59.7 Å². The summed E-state index contributed by atoms with van der Waals surface area (Å²) in [5.41, 5.74) is 2.13. The number of ether oxygens (including phenoxy) is 1. The molecule has 2 rings (SSSR count). The summed E-state index contributed by atoms with van der Waals surface area (Å²) >= 11 is 0. The van der Waals surface area contributed by atoms with Gasteiger partial charge in [0.05, 0.1) is 13.2 Å². The minimum Gasteiger partial charge on any atom is -0.497 e. The number of hydrogen-bond acceptors (Lipinski definition) is 3. The summed E-state index contributed by atoms with van der Waals surface area (Å²) in [5, 5.41) is 5.70. The van der Waals surface area contributed by atoms with E-state index in [4.69, 9.17) is 4.74 Å². The Morgan fingerprint density at radius 1 is 1.12 bits per heavy atom. The molecule has 0 saturated carbocycles. The Morgan fingerprint density at radius 2 is 1.83 bits per heavy atom. The van der Waals surface area contributed by atoms with Gasteiger partial charge >= 0.3 is 0 Å². The lowest BCUT2D eigenvalue weighted by molar-refractivity contribution is -0.114. The van der Waals surface area contributed by atoms with Crippen LogP contribution in [0.3, 0.4) is 0 Å². The molecule has 2 aromatic carbocycles. The summed E-state index contributed by atoms with van der Waals surface area (Å²) < 4.78 is 5.16. The maximum Gasteiger partial charge on any atom is 0.251 e. The number of rotatable bonds is 6. The highest BCUT2D eigenvalue weighted by Gasteiger charge is 2.14. The number of benzene rings is 2. The van der Waals surface area contributed by atoms with Gasteiger partial charge in [0.1, 0.15) is 5.75 Å². The van der Waals surface area contributed by atoms with Crippen LogP contribution in [0.2, 0.25) is 0 Å². The van der Waals surface area contributed by atoms with Crippen LogP contribution in [0.1, 0.15) is 42.2 Å². The van der Waals surface area contributed by atoms with Crippen LogP contribution in [0.25, 0.3) is 0 Å². The molecule has 5 nitrogen and oxygen atoms in total. The largest absolute Gasteiger partial charge is 0.497 e. The molecule has 126 valence electrons. The SMILES string of the molecule is CCC(NC(=O)c1cccc(NC(C)=O)c1)c1ccc(OC)cc1. The molecule has 0 aliphatic heterocycles. The number of nitrogens with one attached hydrogen (secondary N) is 2. The normalized spacial score (nSPS) is 11.5. The summed E-state index contributed by atoms with van der Waals surface area (Å²) in [6.45, 7) is 3.45. The van der Waals surface area contributed by atoms with Crippen molar-refractivity contribution in [1.29, 1.82) is 0 Å². The number of hydrogen-bond donors (Lipinski definition) is 2. The number of anilines is 1. The highest BCUT2D eigenvalue weighted by Crippen LogP contribution is 2.21. The standard InChI is InChI=1S/C19H22N2O3/c1-4-18(14-8-10-17(24-3)11-9-14)21-19(23)15-6-5-7-16(12-15)20-13(2)22/h5-12,18H,4H2,1-3H3,(H,20,22)(H,21,23). The van der Waals surface area contributed by atoms with Gasteiger partial charge in [0.15, 0.2) is 0 Å². The fraction of sp³-hybridized carbons (Fsp3) is 0.263. The predicted octanol–water partition coefficient (Wildman–Crippen LogP) is 3.53. The predicted molar refractivity (Wildman–Crippen MR) is 94.2 cm³/mol. The Kier molecular flexibility index (Phi) is 5.95. The van der Waals surface area contributed by atoms with Gasteiger partial charge in [0.25, 0.3) is 5.91 Å². The van der Waals surface area contributed by atoms with Gasteiger partial charge in [-0.1, -0.05) is 25.1 Å². The maximum absolute atomic E-state index is 12.5. The van der Waals surface area contributed by atoms with Crippen LogP contribution < -0.4 is 15.4 Å². The molecule has 0 fully saturated rings. The van der Waals surface area contributed by atoms with Gasteiger partial charge < -0.3 is 15.4 Å². The molecule has 0 heterocycles. The van der Waals surface area contributed by atoms with Crippen molar-refractivity contribution in [2.45, 2.75) is 26.3 Å². The fourth-order valence-electron chi connectivity index (χ4n) is 2.44. The van der Waals surface area contributed by atoms with E-state index in [2.05, 4.69) is 10.6 Å². The molecule has 1 atom stereocenters. The van der Waals surface area contributed by atoms with Crippen LogP contribution in [-0.2, 0) is 4.79 Å². The Labute approximate surface area is 142 Å². The van der Waals surface area contributed by atoms with E-state index in [1.165, 1.54) is 6.92 Å². The van der Waals surface area contributed by atoms with E-state index in [9.17, 15) is 9.59 Å². The number of methoxy groups -OCH3 is 1. The lowest BCUT2D eigenvalue weighted by Crippen LogP contribution is -2.28. The molecule has 0 aliphatic carbocycles. The molecular formula is C19H22N2O3. The molecule has 0 saturated heterocycles. The zero-order valence-corrected chi connectivity index (χ0v) is 14.1. The minimum atomic E-state index is -0.176. The number of amides is 2. The Bertz CT molecular complexity index is 711. The summed E-state index contributed by atoms with van der Waals surface area (Å²) in [4.78, 5) is 23.6. The second kappa shape index (κ2) is 8.15. The van der Waals surface area contributed by atoms with Gasteiger partial charge in [0.2, 0.25) is 5.91 Å². The summed E-state index contributed by atoms with van der Waals surface area (Å²) in [5.74, 6) is 0.435. The van der Waals surface area contributed by atoms with Crippen LogP contribution in [0.15, 0.2) is 48.5 Å². The zero-order valence-electron chi connectivity index (χ0n) is 14.1. The molecule has 0 radical (unpaired) electrons. The van der Waals surface area contributed by atoms with Crippen molar-refractivity contribution in [1.82, 2.24) is 5.32 Å². The Morgan fingerprint density at radius 3 is 2.42 bits per heavy atom. The van der Waals surface area contributed by atoms with Gasteiger partial charge in [-0.05, 0) is 42.3 Å². The third-order valence-corrected chi connectivity index (χ3v) is 3.68. The van der Waals surface area contributed by atoms with Crippen LogP contribution in [-0.4, -0.2) is 18.9 Å². The van der Waals surface area contributed by atoms with Gasteiger partial charge in [0, 0.05) is 18.2 Å². The Balaban J connectivity index is 2.12. The Hall–Kier alpha value is -2.82. The average molecular weight is 326 g/mol. The molecule has 2 aromatic rings. The van der Waals surface area contributed by atoms with Crippen molar-refractivity contribution < 1.29 is 14.3 Å². The zero-order chi connectivity index (χ0) is 17.5. The van der Waals surface area contributed by atoms with Crippen LogP contribution >= 0.6 is 0 Å². The van der Waals surface area contributed by atoms with E-state index in [0.717, 1.165) is 17.7 Å². The first-order valence-electron chi connectivity index (χ1n) is 7.86. The van der Waals surface area contributed by atoms with Gasteiger partial charge in [-0.25, -0.2) is 0 Å². The lowest BCUT2D eigenvalue weighted by Gasteiger charge is -2.18. The molecule has 0 spiro atoms. The third-order valence-electron chi connectivity index (χ3n) is 3.68. The van der Waals surface area contributed by atoms with Crippen molar-refractivity contribution >= 4 is 17.5 Å². The number of carbonyl (C=O) groups is 2. The summed E-state index contributed by atoms with van der Waals surface area (Å²) in [6, 6.07) is 14.4. The van der Waals surface area contributed by atoms with Gasteiger partial charge in [-0.2, -0.15) is 0 Å².